The summed E-state index contributed by atoms with van der Waals surface area (Å²) < 4.78 is 31.5. The van der Waals surface area contributed by atoms with Crippen LogP contribution in [0.3, 0.4) is 0 Å². The number of aromatic hydroxyl groups is 1. The number of hydrogen-bond acceptors (Lipinski definition) is 3. The lowest BCUT2D eigenvalue weighted by Gasteiger charge is -2.15. The lowest BCUT2D eigenvalue weighted by atomic mass is 10.1. The first-order valence-corrected chi connectivity index (χ1v) is 6.55. The Morgan fingerprint density at radius 2 is 1.95 bits per heavy atom. The smallest absolute Gasteiger partial charge is 0.160 e. The van der Waals surface area contributed by atoms with Crippen LogP contribution in [0.2, 0.25) is 0 Å². The quantitative estimate of drug-likeness (QED) is 0.886. The van der Waals surface area contributed by atoms with Crippen molar-refractivity contribution < 1.29 is 18.6 Å². The number of methoxy groups -OCH3 is 1. The van der Waals surface area contributed by atoms with E-state index in [1.807, 2.05) is 0 Å². The number of phenols is 1. The standard InChI is InChI=1S/C16H17F2NO2/c1-10(13-5-4-12(17)8-14(13)18)19-9-11-3-6-16(21-2)15(20)7-11/h3-8,10,19-20H,9H2,1-2H3. The van der Waals surface area contributed by atoms with Crippen LogP contribution in [0.4, 0.5) is 8.78 Å². The van der Waals surface area contributed by atoms with Gasteiger partial charge in [-0.25, -0.2) is 8.78 Å². The van der Waals surface area contributed by atoms with E-state index in [4.69, 9.17) is 4.74 Å². The molecule has 0 aliphatic carbocycles. The molecule has 0 amide bonds. The Morgan fingerprint density at radius 3 is 2.57 bits per heavy atom. The number of rotatable bonds is 5. The van der Waals surface area contributed by atoms with Gasteiger partial charge in [-0.2, -0.15) is 0 Å². The third-order valence-corrected chi connectivity index (χ3v) is 3.28. The lowest BCUT2D eigenvalue weighted by Crippen LogP contribution is -2.19. The molecule has 2 N–H and O–H groups in total. The maximum absolute atomic E-state index is 13.7. The lowest BCUT2D eigenvalue weighted by molar-refractivity contribution is 0.373. The van der Waals surface area contributed by atoms with Crippen LogP contribution in [0, 0.1) is 11.6 Å². The Balaban J connectivity index is 2.03. The second-order valence-corrected chi connectivity index (χ2v) is 4.77. The minimum Gasteiger partial charge on any atom is -0.504 e. The first kappa shape index (κ1) is 15.3. The van der Waals surface area contributed by atoms with Crippen LogP contribution in [-0.4, -0.2) is 12.2 Å². The van der Waals surface area contributed by atoms with Crippen molar-refractivity contribution in [3.63, 3.8) is 0 Å². The van der Waals surface area contributed by atoms with Crippen molar-refractivity contribution in [2.24, 2.45) is 0 Å². The van der Waals surface area contributed by atoms with Crippen LogP contribution in [-0.2, 0) is 6.54 Å². The fourth-order valence-corrected chi connectivity index (χ4v) is 2.08. The molecule has 0 fully saturated rings. The number of ether oxygens (including phenoxy) is 1. The highest BCUT2D eigenvalue weighted by atomic mass is 19.1. The van der Waals surface area contributed by atoms with Crippen LogP contribution in [0.5, 0.6) is 11.5 Å². The van der Waals surface area contributed by atoms with E-state index in [1.165, 1.54) is 19.2 Å². The molecule has 0 spiro atoms. The van der Waals surface area contributed by atoms with Gasteiger partial charge in [0.2, 0.25) is 0 Å². The summed E-state index contributed by atoms with van der Waals surface area (Å²) >= 11 is 0. The van der Waals surface area contributed by atoms with Gasteiger partial charge in [0.05, 0.1) is 7.11 Å². The summed E-state index contributed by atoms with van der Waals surface area (Å²) in [6.45, 7) is 2.23. The molecule has 0 saturated heterocycles. The second-order valence-electron chi connectivity index (χ2n) is 4.77. The van der Waals surface area contributed by atoms with Crippen LogP contribution in [0.15, 0.2) is 36.4 Å². The van der Waals surface area contributed by atoms with Crippen LogP contribution < -0.4 is 10.1 Å². The number of phenolic OH excluding ortho intramolecular Hbond substituents is 1. The van der Waals surface area contributed by atoms with E-state index in [0.717, 1.165) is 11.6 Å². The largest absolute Gasteiger partial charge is 0.504 e. The molecule has 2 rings (SSSR count). The minimum atomic E-state index is -0.594. The van der Waals surface area contributed by atoms with Gasteiger partial charge < -0.3 is 15.2 Å². The van der Waals surface area contributed by atoms with Crippen LogP contribution in [0.1, 0.15) is 24.1 Å². The molecule has 0 bridgehead atoms. The molecule has 21 heavy (non-hydrogen) atoms. The van der Waals surface area contributed by atoms with E-state index in [9.17, 15) is 13.9 Å². The predicted octanol–water partition coefficient (Wildman–Crippen LogP) is 3.53. The van der Waals surface area contributed by atoms with Crippen molar-refractivity contribution >= 4 is 0 Å². The summed E-state index contributed by atoms with van der Waals surface area (Å²) in [5, 5.41) is 12.8. The molecule has 0 aromatic heterocycles. The predicted molar refractivity (Wildman–Crippen MR) is 76.3 cm³/mol. The third kappa shape index (κ3) is 3.70. The number of nitrogens with one attached hydrogen (secondary N) is 1. The van der Waals surface area contributed by atoms with Crippen molar-refractivity contribution in [2.75, 3.05) is 7.11 Å². The van der Waals surface area contributed by atoms with E-state index in [0.29, 0.717) is 17.9 Å². The van der Waals surface area contributed by atoms with E-state index >= 15 is 0 Å². The molecule has 3 nitrogen and oxygen atoms in total. The van der Waals surface area contributed by atoms with Crippen molar-refractivity contribution in [1.82, 2.24) is 5.32 Å². The van der Waals surface area contributed by atoms with Gasteiger partial charge in [0.25, 0.3) is 0 Å². The normalized spacial score (nSPS) is 12.2. The summed E-state index contributed by atoms with van der Waals surface area (Å²) in [6, 6.07) is 8.29. The highest BCUT2D eigenvalue weighted by Gasteiger charge is 2.11. The molecule has 2 aromatic rings. The van der Waals surface area contributed by atoms with Gasteiger partial charge in [-0.15, -0.1) is 0 Å². The molecule has 112 valence electrons. The molecule has 2 aromatic carbocycles. The Kier molecular flexibility index (Phi) is 4.75. The van der Waals surface area contributed by atoms with Gasteiger partial charge in [0, 0.05) is 24.2 Å². The molecular weight excluding hydrogens is 276 g/mol. The summed E-state index contributed by atoms with van der Waals surface area (Å²) in [6.07, 6.45) is 0. The summed E-state index contributed by atoms with van der Waals surface area (Å²) in [7, 11) is 1.48. The SMILES string of the molecule is COc1ccc(CNC(C)c2ccc(F)cc2F)cc1O. The molecule has 0 saturated carbocycles. The first-order valence-electron chi connectivity index (χ1n) is 6.55. The fourth-order valence-electron chi connectivity index (χ4n) is 2.08. The van der Waals surface area contributed by atoms with Crippen molar-refractivity contribution in [3.05, 3.63) is 59.2 Å². The number of benzene rings is 2. The van der Waals surface area contributed by atoms with Gasteiger partial charge >= 0.3 is 0 Å². The fraction of sp³-hybridized carbons (Fsp3) is 0.250. The Morgan fingerprint density at radius 1 is 1.19 bits per heavy atom. The molecule has 0 radical (unpaired) electrons. The van der Waals surface area contributed by atoms with E-state index < -0.39 is 11.6 Å². The number of halogens is 2. The Bertz CT molecular complexity index is 632. The summed E-state index contributed by atoms with van der Waals surface area (Å²) in [5.74, 6) is -0.718. The molecular formula is C16H17F2NO2. The van der Waals surface area contributed by atoms with E-state index in [-0.39, 0.29) is 11.8 Å². The topological polar surface area (TPSA) is 41.5 Å². The molecule has 0 aliphatic heterocycles. The van der Waals surface area contributed by atoms with Crippen molar-refractivity contribution in [3.8, 4) is 11.5 Å². The second kappa shape index (κ2) is 6.54. The average molecular weight is 293 g/mol. The zero-order valence-corrected chi connectivity index (χ0v) is 11.9. The van der Waals surface area contributed by atoms with E-state index in [1.54, 1.807) is 25.1 Å². The maximum Gasteiger partial charge on any atom is 0.160 e. The summed E-state index contributed by atoms with van der Waals surface area (Å²) in [4.78, 5) is 0. The molecule has 5 heteroatoms. The van der Waals surface area contributed by atoms with Gasteiger partial charge in [0.15, 0.2) is 11.5 Å². The maximum atomic E-state index is 13.7. The van der Waals surface area contributed by atoms with Gasteiger partial charge in [-0.1, -0.05) is 12.1 Å². The first-order chi connectivity index (χ1) is 10.0. The van der Waals surface area contributed by atoms with Crippen LogP contribution >= 0.6 is 0 Å². The van der Waals surface area contributed by atoms with E-state index in [2.05, 4.69) is 5.32 Å². The zero-order chi connectivity index (χ0) is 15.4. The Labute approximate surface area is 122 Å². The highest BCUT2D eigenvalue weighted by molar-refractivity contribution is 5.41. The average Bonchev–Trinajstić information content (AvgIpc) is 2.45. The molecule has 1 unspecified atom stereocenters. The van der Waals surface area contributed by atoms with Gasteiger partial charge in [0.1, 0.15) is 11.6 Å². The molecule has 1 atom stereocenters. The Hall–Kier alpha value is -2.14. The van der Waals surface area contributed by atoms with Crippen molar-refractivity contribution in [2.45, 2.75) is 19.5 Å². The summed E-state index contributed by atoms with van der Waals surface area (Å²) in [5.41, 5.74) is 1.23. The monoisotopic (exact) mass is 293 g/mol. The molecule has 0 heterocycles. The van der Waals surface area contributed by atoms with Crippen molar-refractivity contribution in [1.29, 1.82) is 0 Å². The highest BCUT2D eigenvalue weighted by Crippen LogP contribution is 2.26. The van der Waals surface area contributed by atoms with Crippen LogP contribution in [0.25, 0.3) is 0 Å². The number of hydrogen-bond donors (Lipinski definition) is 2. The van der Waals surface area contributed by atoms with Gasteiger partial charge in [-0.05, 0) is 30.7 Å². The van der Waals surface area contributed by atoms with Gasteiger partial charge in [-0.3, -0.25) is 0 Å². The minimum absolute atomic E-state index is 0.0532. The third-order valence-electron chi connectivity index (χ3n) is 3.28. The zero-order valence-electron chi connectivity index (χ0n) is 11.9. The molecule has 0 aliphatic rings.